The van der Waals surface area contributed by atoms with Gasteiger partial charge in [0, 0.05) is 11.8 Å². The zero-order valence-corrected chi connectivity index (χ0v) is 10.8. The normalized spacial score (nSPS) is 10.7. The van der Waals surface area contributed by atoms with Crippen LogP contribution >= 0.6 is 0 Å². The van der Waals surface area contributed by atoms with E-state index in [4.69, 9.17) is 0 Å². The van der Waals surface area contributed by atoms with E-state index in [1.165, 1.54) is 13.3 Å². The zero-order valence-electron chi connectivity index (χ0n) is 10.8. The summed E-state index contributed by atoms with van der Waals surface area (Å²) in [5.41, 5.74) is 4.99. The zero-order chi connectivity index (χ0) is 13.9. The molecule has 6 heteroatoms. The summed E-state index contributed by atoms with van der Waals surface area (Å²) < 4.78 is 1.64. The lowest BCUT2D eigenvalue weighted by Crippen LogP contribution is -2.21. The Balaban J connectivity index is 2.15. The highest BCUT2D eigenvalue weighted by Gasteiger charge is 2.15. The van der Waals surface area contributed by atoms with E-state index in [-0.39, 0.29) is 5.91 Å². The molecule has 0 atom stereocenters. The molecule has 2 heterocycles. The Labute approximate surface area is 115 Å². The van der Waals surface area contributed by atoms with Crippen molar-refractivity contribution >= 4 is 11.6 Å². The van der Waals surface area contributed by atoms with Crippen LogP contribution in [0.1, 0.15) is 10.4 Å². The topological polar surface area (TPSA) is 68.5 Å². The molecule has 0 bridgehead atoms. The Morgan fingerprint density at radius 1 is 1.25 bits per heavy atom. The van der Waals surface area contributed by atoms with Gasteiger partial charge in [0.2, 0.25) is 0 Å². The highest BCUT2D eigenvalue weighted by Crippen LogP contribution is 2.20. The summed E-state index contributed by atoms with van der Waals surface area (Å²) in [7, 11) is 1.38. The molecule has 0 aliphatic carbocycles. The quantitative estimate of drug-likeness (QED) is 0.734. The van der Waals surface area contributed by atoms with E-state index >= 15 is 0 Å². The van der Waals surface area contributed by atoms with Crippen molar-refractivity contribution in [2.45, 2.75) is 0 Å². The summed E-state index contributed by atoms with van der Waals surface area (Å²) >= 11 is 0. The summed E-state index contributed by atoms with van der Waals surface area (Å²) in [5, 5.41) is 4.24. The number of aromatic nitrogens is 3. The summed E-state index contributed by atoms with van der Waals surface area (Å²) in [6.45, 7) is 0. The Morgan fingerprint density at radius 3 is 2.80 bits per heavy atom. The van der Waals surface area contributed by atoms with Crippen molar-refractivity contribution in [1.29, 1.82) is 0 Å². The predicted octanol–water partition coefficient (Wildman–Crippen LogP) is 1.69. The van der Waals surface area contributed by atoms with Crippen LogP contribution in [-0.4, -0.2) is 27.6 Å². The number of hydrogen-bond donors (Lipinski definition) is 1. The lowest BCUT2D eigenvalue weighted by Gasteiger charge is -2.04. The molecule has 0 aliphatic rings. The second-order valence-electron chi connectivity index (χ2n) is 4.13. The van der Waals surface area contributed by atoms with Gasteiger partial charge < -0.3 is 0 Å². The molecular formula is C14H12N4O2. The number of hydroxylamine groups is 1. The van der Waals surface area contributed by atoms with Gasteiger partial charge in [-0.05, 0) is 6.07 Å². The van der Waals surface area contributed by atoms with Gasteiger partial charge >= 0.3 is 0 Å². The molecule has 0 saturated heterocycles. The Morgan fingerprint density at radius 2 is 2.05 bits per heavy atom. The third-order valence-corrected chi connectivity index (χ3v) is 2.91. The molecule has 6 nitrogen and oxygen atoms in total. The maximum Gasteiger partial charge on any atom is 0.280 e. The molecule has 0 spiro atoms. The number of carbonyl (C=O) groups excluding carboxylic acids is 1. The molecule has 1 amide bonds. The van der Waals surface area contributed by atoms with Gasteiger partial charge in [-0.3, -0.25) is 9.63 Å². The Hall–Kier alpha value is -2.73. The Bertz CT molecular complexity index is 752. The first-order chi connectivity index (χ1) is 9.81. The van der Waals surface area contributed by atoms with Crippen molar-refractivity contribution < 1.29 is 9.63 Å². The third-order valence-electron chi connectivity index (χ3n) is 2.91. The van der Waals surface area contributed by atoms with E-state index in [1.807, 2.05) is 36.4 Å². The molecule has 0 aliphatic heterocycles. The lowest BCUT2D eigenvalue weighted by molar-refractivity contribution is 0.0539. The summed E-state index contributed by atoms with van der Waals surface area (Å²) in [4.78, 5) is 20.7. The van der Waals surface area contributed by atoms with Gasteiger partial charge in [0.25, 0.3) is 5.91 Å². The third kappa shape index (κ3) is 2.02. The van der Waals surface area contributed by atoms with Crippen LogP contribution in [-0.2, 0) is 4.84 Å². The van der Waals surface area contributed by atoms with E-state index in [0.29, 0.717) is 11.2 Å². The molecule has 0 radical (unpaired) electrons. The first-order valence-corrected chi connectivity index (χ1v) is 6.03. The first kappa shape index (κ1) is 12.3. The van der Waals surface area contributed by atoms with Gasteiger partial charge in [0.05, 0.1) is 19.0 Å². The summed E-state index contributed by atoms with van der Waals surface area (Å²) in [5.74, 6) is -0.375. The minimum Gasteiger partial charge on any atom is -0.277 e. The molecule has 0 unspecified atom stereocenters. The smallest absolute Gasteiger partial charge is 0.277 e. The number of benzene rings is 1. The fourth-order valence-corrected chi connectivity index (χ4v) is 2.03. The fourth-order valence-electron chi connectivity index (χ4n) is 2.03. The SMILES string of the molecule is CONC(=O)c1cnn2c(-c3ccccc3)ccnc12. The van der Waals surface area contributed by atoms with Gasteiger partial charge in [-0.25, -0.2) is 15.0 Å². The highest BCUT2D eigenvalue weighted by molar-refractivity contribution is 5.99. The predicted molar refractivity (Wildman–Crippen MR) is 72.9 cm³/mol. The van der Waals surface area contributed by atoms with Crippen molar-refractivity contribution in [3.63, 3.8) is 0 Å². The van der Waals surface area contributed by atoms with Crippen molar-refractivity contribution in [2.24, 2.45) is 0 Å². The molecule has 3 rings (SSSR count). The second-order valence-corrected chi connectivity index (χ2v) is 4.13. The van der Waals surface area contributed by atoms with Crippen LogP contribution in [0, 0.1) is 0 Å². The molecule has 100 valence electrons. The molecule has 20 heavy (non-hydrogen) atoms. The average Bonchev–Trinajstić information content (AvgIpc) is 2.92. The van der Waals surface area contributed by atoms with E-state index < -0.39 is 0 Å². The van der Waals surface area contributed by atoms with Crippen LogP contribution < -0.4 is 5.48 Å². The largest absolute Gasteiger partial charge is 0.280 e. The van der Waals surface area contributed by atoms with Crippen LogP contribution in [0.5, 0.6) is 0 Å². The monoisotopic (exact) mass is 268 g/mol. The van der Waals surface area contributed by atoms with Crippen molar-refractivity contribution in [1.82, 2.24) is 20.1 Å². The standard InChI is InChI=1S/C14H12N4O2/c1-20-17-14(19)11-9-16-18-12(7-8-15-13(11)18)10-5-3-2-4-6-10/h2-9H,1H3,(H,17,19). The van der Waals surface area contributed by atoms with Crippen LogP contribution in [0.15, 0.2) is 48.8 Å². The number of fused-ring (bicyclic) bond motifs is 1. The Kier molecular flexibility index (Phi) is 3.14. The molecule has 1 N–H and O–H groups in total. The van der Waals surface area contributed by atoms with Crippen LogP contribution in [0.4, 0.5) is 0 Å². The van der Waals surface area contributed by atoms with Gasteiger partial charge in [0.1, 0.15) is 5.56 Å². The van der Waals surface area contributed by atoms with Gasteiger partial charge in [-0.15, -0.1) is 0 Å². The molecular weight excluding hydrogens is 256 g/mol. The van der Waals surface area contributed by atoms with E-state index in [2.05, 4.69) is 20.4 Å². The number of rotatable bonds is 3. The second kappa shape index (κ2) is 5.10. The maximum atomic E-state index is 11.8. The number of carbonyl (C=O) groups is 1. The molecule has 0 fully saturated rings. The average molecular weight is 268 g/mol. The first-order valence-electron chi connectivity index (χ1n) is 6.03. The van der Waals surface area contributed by atoms with Crippen molar-refractivity contribution in [3.05, 3.63) is 54.4 Å². The number of hydrogen-bond acceptors (Lipinski definition) is 4. The minimum atomic E-state index is -0.375. The number of nitrogens with one attached hydrogen (secondary N) is 1. The van der Waals surface area contributed by atoms with Gasteiger partial charge in [-0.1, -0.05) is 30.3 Å². The van der Waals surface area contributed by atoms with E-state index in [1.54, 1.807) is 10.7 Å². The van der Waals surface area contributed by atoms with E-state index in [9.17, 15) is 4.79 Å². The highest BCUT2D eigenvalue weighted by atomic mass is 16.6. The molecule has 1 aromatic carbocycles. The van der Waals surface area contributed by atoms with Crippen LogP contribution in [0.25, 0.3) is 16.9 Å². The van der Waals surface area contributed by atoms with Gasteiger partial charge in [0.15, 0.2) is 5.65 Å². The summed E-state index contributed by atoms with van der Waals surface area (Å²) in [6.07, 6.45) is 3.13. The van der Waals surface area contributed by atoms with Crippen LogP contribution in [0.3, 0.4) is 0 Å². The van der Waals surface area contributed by atoms with Crippen molar-refractivity contribution in [2.75, 3.05) is 7.11 Å². The molecule has 3 aromatic rings. The van der Waals surface area contributed by atoms with Crippen LogP contribution in [0.2, 0.25) is 0 Å². The van der Waals surface area contributed by atoms with E-state index in [0.717, 1.165) is 11.3 Å². The number of amides is 1. The fraction of sp³-hybridized carbons (Fsp3) is 0.0714. The summed E-state index contributed by atoms with van der Waals surface area (Å²) in [6, 6.07) is 11.7. The van der Waals surface area contributed by atoms with Crippen molar-refractivity contribution in [3.8, 4) is 11.3 Å². The number of nitrogens with zero attached hydrogens (tertiary/aromatic N) is 3. The minimum absolute atomic E-state index is 0.365. The maximum absolute atomic E-state index is 11.8. The molecule has 2 aromatic heterocycles. The lowest BCUT2D eigenvalue weighted by atomic mass is 10.1. The molecule has 0 saturated carbocycles. The van der Waals surface area contributed by atoms with Gasteiger partial charge in [-0.2, -0.15) is 5.10 Å².